The predicted octanol–water partition coefficient (Wildman–Crippen LogP) is 3.00. The Bertz CT molecular complexity index is 822. The van der Waals surface area contributed by atoms with E-state index >= 15 is 0 Å². The molecular formula is C19H17NO5S. The summed E-state index contributed by atoms with van der Waals surface area (Å²) >= 11 is 1.29. The molecule has 0 aliphatic carbocycles. The second-order valence-electron chi connectivity index (χ2n) is 5.66. The summed E-state index contributed by atoms with van der Waals surface area (Å²) in [6, 6.07) is 15.8. The molecule has 6 nitrogen and oxygen atoms in total. The summed E-state index contributed by atoms with van der Waals surface area (Å²) in [7, 11) is 1.32. The quantitative estimate of drug-likeness (QED) is 0.457. The van der Waals surface area contributed by atoms with Crippen molar-refractivity contribution in [2.75, 3.05) is 7.11 Å². The molecular weight excluding hydrogens is 354 g/mol. The first-order valence-corrected chi connectivity index (χ1v) is 8.70. The van der Waals surface area contributed by atoms with Crippen molar-refractivity contribution in [1.82, 2.24) is 4.31 Å². The average molecular weight is 371 g/mol. The predicted molar refractivity (Wildman–Crippen MR) is 95.2 cm³/mol. The second kappa shape index (κ2) is 7.61. The Labute approximate surface area is 155 Å². The smallest absolute Gasteiger partial charge is 0.337 e. The lowest BCUT2D eigenvalue weighted by Crippen LogP contribution is -2.56. The summed E-state index contributed by atoms with van der Waals surface area (Å²) in [5, 5.41) is 0. The van der Waals surface area contributed by atoms with E-state index in [0.717, 1.165) is 10.5 Å². The highest BCUT2D eigenvalue weighted by Gasteiger charge is 2.51. The van der Waals surface area contributed by atoms with Crippen molar-refractivity contribution in [1.29, 1.82) is 0 Å². The third kappa shape index (κ3) is 3.57. The number of hydrogen-bond acceptors (Lipinski definition) is 6. The fourth-order valence-electron chi connectivity index (χ4n) is 2.67. The summed E-state index contributed by atoms with van der Waals surface area (Å²) in [6.45, 7) is 1.28. The number of esters is 2. The summed E-state index contributed by atoms with van der Waals surface area (Å²) in [5.74, 6) is -1.21. The summed E-state index contributed by atoms with van der Waals surface area (Å²) in [5.41, 5.74) is 1.18. The van der Waals surface area contributed by atoms with Gasteiger partial charge in [-0.1, -0.05) is 30.3 Å². The molecule has 1 saturated heterocycles. The molecule has 0 aromatic heterocycles. The van der Waals surface area contributed by atoms with E-state index < -0.39 is 24.1 Å². The fraction of sp³-hybridized carbons (Fsp3) is 0.211. The maximum Gasteiger partial charge on any atom is 0.337 e. The van der Waals surface area contributed by atoms with Gasteiger partial charge in [-0.15, -0.1) is 0 Å². The molecule has 0 bridgehead atoms. The summed E-state index contributed by atoms with van der Waals surface area (Å²) in [6.07, 6.45) is -0.868. The molecule has 1 fully saturated rings. The van der Waals surface area contributed by atoms with Crippen LogP contribution >= 0.6 is 11.9 Å². The number of carbonyl (C=O) groups excluding carboxylic acids is 3. The van der Waals surface area contributed by atoms with Gasteiger partial charge in [-0.25, -0.2) is 4.79 Å². The van der Waals surface area contributed by atoms with Gasteiger partial charge < -0.3 is 9.47 Å². The highest BCUT2D eigenvalue weighted by molar-refractivity contribution is 7.97. The van der Waals surface area contributed by atoms with Gasteiger partial charge in [0.15, 0.2) is 0 Å². The van der Waals surface area contributed by atoms with Gasteiger partial charge in [-0.3, -0.25) is 13.9 Å². The Morgan fingerprint density at radius 1 is 1.04 bits per heavy atom. The molecule has 1 heterocycles. The number of methoxy groups -OCH3 is 1. The molecule has 7 heteroatoms. The van der Waals surface area contributed by atoms with Crippen molar-refractivity contribution in [3.8, 4) is 0 Å². The molecule has 0 radical (unpaired) electrons. The molecule has 3 rings (SSSR count). The van der Waals surface area contributed by atoms with Crippen LogP contribution in [0.3, 0.4) is 0 Å². The average Bonchev–Trinajstić information content (AvgIpc) is 2.67. The van der Waals surface area contributed by atoms with Crippen LogP contribution < -0.4 is 0 Å². The zero-order valence-electron chi connectivity index (χ0n) is 14.2. The van der Waals surface area contributed by atoms with Crippen LogP contribution in [-0.4, -0.2) is 35.4 Å². The number of amides is 1. The topological polar surface area (TPSA) is 72.9 Å². The molecule has 1 aliphatic rings. The minimum atomic E-state index is -0.868. The third-order valence-electron chi connectivity index (χ3n) is 3.91. The van der Waals surface area contributed by atoms with Crippen molar-refractivity contribution in [2.45, 2.75) is 24.0 Å². The molecule has 26 heavy (non-hydrogen) atoms. The van der Waals surface area contributed by atoms with E-state index in [1.807, 2.05) is 30.3 Å². The SMILES string of the molecule is COC(=O)c1ccc([C@H]2[C@H](OC(C)=O)C(=O)N2Sc2ccccc2)cc1. The Kier molecular flexibility index (Phi) is 5.27. The van der Waals surface area contributed by atoms with Crippen molar-refractivity contribution >= 4 is 29.8 Å². The Balaban J connectivity index is 1.86. The number of benzene rings is 2. The molecule has 0 unspecified atom stereocenters. The third-order valence-corrected chi connectivity index (χ3v) is 5.00. The largest absolute Gasteiger partial charge is 0.465 e. The molecule has 2 aromatic rings. The van der Waals surface area contributed by atoms with E-state index in [1.54, 1.807) is 28.6 Å². The van der Waals surface area contributed by atoms with Crippen LogP contribution in [0.25, 0.3) is 0 Å². The number of rotatable bonds is 5. The number of β-lactam (4-membered cyclic amide) rings is 1. The number of hydrogen-bond donors (Lipinski definition) is 0. The van der Waals surface area contributed by atoms with Crippen LogP contribution in [0.2, 0.25) is 0 Å². The van der Waals surface area contributed by atoms with Gasteiger partial charge in [0.05, 0.1) is 12.7 Å². The van der Waals surface area contributed by atoms with Gasteiger partial charge in [0.2, 0.25) is 6.10 Å². The first-order valence-electron chi connectivity index (χ1n) is 7.93. The first kappa shape index (κ1) is 18.0. The van der Waals surface area contributed by atoms with Gasteiger partial charge in [-0.05, 0) is 41.8 Å². The maximum absolute atomic E-state index is 12.5. The van der Waals surface area contributed by atoms with Gasteiger partial charge in [0.1, 0.15) is 6.04 Å². The minimum absolute atomic E-state index is 0.268. The van der Waals surface area contributed by atoms with Crippen LogP contribution in [0.15, 0.2) is 59.5 Å². The summed E-state index contributed by atoms with van der Waals surface area (Å²) < 4.78 is 11.5. The molecule has 1 amide bonds. The van der Waals surface area contributed by atoms with Crippen molar-refractivity contribution in [2.24, 2.45) is 0 Å². The lowest BCUT2D eigenvalue weighted by atomic mass is 9.93. The van der Waals surface area contributed by atoms with Gasteiger partial charge in [0, 0.05) is 11.8 Å². The first-order chi connectivity index (χ1) is 12.5. The van der Waals surface area contributed by atoms with Crippen LogP contribution in [0.1, 0.15) is 28.9 Å². The number of ether oxygens (including phenoxy) is 2. The van der Waals surface area contributed by atoms with E-state index in [2.05, 4.69) is 0 Å². The second-order valence-corrected chi connectivity index (χ2v) is 6.70. The molecule has 134 valence electrons. The van der Waals surface area contributed by atoms with Crippen LogP contribution in [0, 0.1) is 0 Å². The van der Waals surface area contributed by atoms with Gasteiger partial charge >= 0.3 is 11.9 Å². The van der Waals surface area contributed by atoms with E-state index in [0.29, 0.717) is 5.56 Å². The standard InChI is InChI=1S/C19H17NO5S/c1-12(21)25-17-16(13-8-10-14(11-9-13)19(23)24-2)20(18(17)22)26-15-6-4-3-5-7-15/h3-11,16-17H,1-2H3/t16-,17-/m0/s1. The lowest BCUT2D eigenvalue weighted by molar-refractivity contribution is -0.173. The molecule has 1 aliphatic heterocycles. The maximum atomic E-state index is 12.5. The van der Waals surface area contributed by atoms with Crippen LogP contribution in [0.4, 0.5) is 0 Å². The number of nitrogens with zero attached hydrogens (tertiary/aromatic N) is 1. The zero-order chi connectivity index (χ0) is 18.7. The Hall–Kier alpha value is -2.80. The Morgan fingerprint density at radius 3 is 2.27 bits per heavy atom. The molecule has 0 saturated carbocycles. The van der Waals surface area contributed by atoms with E-state index in [9.17, 15) is 14.4 Å². The highest BCUT2D eigenvalue weighted by Crippen LogP contribution is 2.44. The molecule has 0 N–H and O–H groups in total. The Morgan fingerprint density at radius 2 is 1.69 bits per heavy atom. The lowest BCUT2D eigenvalue weighted by Gasteiger charge is -2.44. The van der Waals surface area contributed by atoms with Crippen LogP contribution in [-0.2, 0) is 19.1 Å². The summed E-state index contributed by atoms with van der Waals surface area (Å²) in [4.78, 5) is 36.3. The minimum Gasteiger partial charge on any atom is -0.465 e. The van der Waals surface area contributed by atoms with Crippen molar-refractivity contribution in [3.05, 3.63) is 65.7 Å². The number of carbonyl (C=O) groups is 3. The van der Waals surface area contributed by atoms with E-state index in [1.165, 1.54) is 26.0 Å². The fourth-order valence-corrected chi connectivity index (χ4v) is 3.72. The molecule has 2 atom stereocenters. The zero-order valence-corrected chi connectivity index (χ0v) is 15.1. The van der Waals surface area contributed by atoms with Crippen LogP contribution in [0.5, 0.6) is 0 Å². The van der Waals surface area contributed by atoms with E-state index in [4.69, 9.17) is 9.47 Å². The normalized spacial score (nSPS) is 18.8. The highest BCUT2D eigenvalue weighted by atomic mass is 32.2. The van der Waals surface area contributed by atoms with Crippen molar-refractivity contribution in [3.63, 3.8) is 0 Å². The van der Waals surface area contributed by atoms with Gasteiger partial charge in [-0.2, -0.15) is 0 Å². The molecule has 2 aromatic carbocycles. The molecule has 0 spiro atoms. The van der Waals surface area contributed by atoms with Crippen molar-refractivity contribution < 1.29 is 23.9 Å². The van der Waals surface area contributed by atoms with Gasteiger partial charge in [0.25, 0.3) is 5.91 Å². The van der Waals surface area contributed by atoms with E-state index in [-0.39, 0.29) is 5.91 Å². The monoisotopic (exact) mass is 371 g/mol.